The summed E-state index contributed by atoms with van der Waals surface area (Å²) in [7, 11) is 0. The van der Waals surface area contributed by atoms with E-state index in [1.165, 1.54) is 25.7 Å². The summed E-state index contributed by atoms with van der Waals surface area (Å²) in [6, 6.07) is 12.0. The molecular formula is C15H24O2. The standard InChI is InChI=1S/C9H18O2.C6H6/c1-2-3-4-5-6-7-8-9(10)11;1-2-4-6-5-3-1/h2-8H2,1H3,(H,10,11);1-6H. The van der Waals surface area contributed by atoms with Gasteiger partial charge >= 0.3 is 5.97 Å². The number of carboxylic acid groups (broad SMARTS) is 1. The highest BCUT2D eigenvalue weighted by Crippen LogP contribution is 2.06. The average molecular weight is 236 g/mol. The van der Waals surface area contributed by atoms with Crippen molar-refractivity contribution < 1.29 is 9.90 Å². The van der Waals surface area contributed by atoms with Gasteiger partial charge in [0.25, 0.3) is 0 Å². The lowest BCUT2D eigenvalue weighted by molar-refractivity contribution is -0.137. The van der Waals surface area contributed by atoms with Crippen LogP contribution in [0.5, 0.6) is 0 Å². The Kier molecular flexibility index (Phi) is 11.8. The Balaban J connectivity index is 0.000000354. The summed E-state index contributed by atoms with van der Waals surface area (Å²) in [5, 5.41) is 8.32. The Bertz CT molecular complexity index is 230. The van der Waals surface area contributed by atoms with Crippen LogP contribution in [0.1, 0.15) is 51.9 Å². The molecule has 2 nitrogen and oxygen atoms in total. The van der Waals surface area contributed by atoms with Gasteiger partial charge in [-0.2, -0.15) is 0 Å². The zero-order chi connectivity index (χ0) is 12.8. The highest BCUT2D eigenvalue weighted by Gasteiger charge is 1.95. The third kappa shape index (κ3) is 14.7. The van der Waals surface area contributed by atoms with Crippen molar-refractivity contribution in [1.29, 1.82) is 0 Å². The van der Waals surface area contributed by atoms with Crippen LogP contribution >= 0.6 is 0 Å². The van der Waals surface area contributed by atoms with Crippen LogP contribution in [-0.4, -0.2) is 11.1 Å². The fourth-order valence-electron chi connectivity index (χ4n) is 1.44. The van der Waals surface area contributed by atoms with E-state index in [4.69, 9.17) is 5.11 Å². The van der Waals surface area contributed by atoms with Crippen molar-refractivity contribution in [3.05, 3.63) is 36.4 Å². The molecule has 0 radical (unpaired) electrons. The summed E-state index contributed by atoms with van der Waals surface area (Å²) >= 11 is 0. The number of carbonyl (C=O) groups is 1. The van der Waals surface area contributed by atoms with Crippen LogP contribution in [0.15, 0.2) is 36.4 Å². The molecule has 2 heteroatoms. The lowest BCUT2D eigenvalue weighted by Gasteiger charge is -1.97. The van der Waals surface area contributed by atoms with Crippen molar-refractivity contribution in [2.75, 3.05) is 0 Å². The van der Waals surface area contributed by atoms with Gasteiger partial charge < -0.3 is 5.11 Å². The molecule has 0 aliphatic carbocycles. The van der Waals surface area contributed by atoms with Crippen LogP contribution < -0.4 is 0 Å². The van der Waals surface area contributed by atoms with E-state index in [-0.39, 0.29) is 0 Å². The van der Waals surface area contributed by atoms with Crippen LogP contribution in [0.3, 0.4) is 0 Å². The lowest BCUT2D eigenvalue weighted by Crippen LogP contribution is -1.93. The van der Waals surface area contributed by atoms with Crippen molar-refractivity contribution in [2.24, 2.45) is 0 Å². The molecule has 96 valence electrons. The second-order valence-electron chi connectivity index (χ2n) is 4.07. The SMILES string of the molecule is CCCCCCCCC(=O)O.c1ccccc1. The summed E-state index contributed by atoms with van der Waals surface area (Å²) < 4.78 is 0. The van der Waals surface area contributed by atoms with Gasteiger partial charge in [0, 0.05) is 6.42 Å². The fourth-order valence-corrected chi connectivity index (χ4v) is 1.44. The predicted octanol–water partition coefficient (Wildman–Crippen LogP) is 4.51. The molecule has 0 aromatic heterocycles. The molecule has 0 saturated heterocycles. The second-order valence-corrected chi connectivity index (χ2v) is 4.07. The third-order valence-electron chi connectivity index (χ3n) is 2.41. The van der Waals surface area contributed by atoms with Crippen LogP contribution in [-0.2, 0) is 4.79 Å². The van der Waals surface area contributed by atoms with E-state index in [0.29, 0.717) is 6.42 Å². The molecule has 0 spiro atoms. The molecule has 0 bridgehead atoms. The lowest BCUT2D eigenvalue weighted by atomic mass is 10.1. The number of unbranched alkanes of at least 4 members (excludes halogenated alkanes) is 5. The van der Waals surface area contributed by atoms with Gasteiger partial charge in [0.1, 0.15) is 0 Å². The van der Waals surface area contributed by atoms with Gasteiger partial charge in [-0.05, 0) is 6.42 Å². The summed E-state index contributed by atoms with van der Waals surface area (Å²) in [4.78, 5) is 10.1. The highest BCUT2D eigenvalue weighted by molar-refractivity contribution is 5.66. The molecule has 17 heavy (non-hydrogen) atoms. The Morgan fingerprint density at radius 2 is 1.24 bits per heavy atom. The zero-order valence-corrected chi connectivity index (χ0v) is 10.8. The largest absolute Gasteiger partial charge is 0.481 e. The molecule has 0 aliphatic heterocycles. The van der Waals surface area contributed by atoms with E-state index >= 15 is 0 Å². The van der Waals surface area contributed by atoms with Gasteiger partial charge in [-0.25, -0.2) is 0 Å². The Hall–Kier alpha value is -1.31. The van der Waals surface area contributed by atoms with Crippen LogP contribution in [0.4, 0.5) is 0 Å². The average Bonchev–Trinajstić information content (AvgIpc) is 2.36. The van der Waals surface area contributed by atoms with Crippen LogP contribution in [0.2, 0.25) is 0 Å². The number of benzene rings is 1. The van der Waals surface area contributed by atoms with E-state index in [9.17, 15) is 4.79 Å². The summed E-state index contributed by atoms with van der Waals surface area (Å²) in [5.74, 6) is -0.666. The Morgan fingerprint density at radius 1 is 0.824 bits per heavy atom. The van der Waals surface area contributed by atoms with Crippen LogP contribution in [0.25, 0.3) is 0 Å². The molecule has 0 heterocycles. The van der Waals surface area contributed by atoms with E-state index in [2.05, 4.69) is 6.92 Å². The molecule has 1 aromatic carbocycles. The third-order valence-corrected chi connectivity index (χ3v) is 2.41. The predicted molar refractivity (Wildman–Crippen MR) is 72.1 cm³/mol. The summed E-state index contributed by atoms with van der Waals surface area (Å²) in [6.07, 6.45) is 7.25. The number of hydrogen-bond donors (Lipinski definition) is 1. The van der Waals surface area contributed by atoms with Gasteiger partial charge in [0.05, 0.1) is 0 Å². The van der Waals surface area contributed by atoms with Crippen molar-refractivity contribution in [2.45, 2.75) is 51.9 Å². The molecule has 0 atom stereocenters. The Labute approximate surface area is 105 Å². The minimum absolute atomic E-state index is 0.339. The van der Waals surface area contributed by atoms with Crippen molar-refractivity contribution in [3.8, 4) is 0 Å². The first-order valence-electron chi connectivity index (χ1n) is 6.49. The van der Waals surface area contributed by atoms with Gasteiger partial charge in [-0.3, -0.25) is 4.79 Å². The molecule has 0 aliphatic rings. The second kappa shape index (κ2) is 12.8. The Morgan fingerprint density at radius 3 is 1.65 bits per heavy atom. The molecule has 1 aromatic rings. The fraction of sp³-hybridized carbons (Fsp3) is 0.533. The maximum atomic E-state index is 10.1. The van der Waals surface area contributed by atoms with Crippen molar-refractivity contribution in [3.63, 3.8) is 0 Å². The highest BCUT2D eigenvalue weighted by atomic mass is 16.4. The van der Waals surface area contributed by atoms with Crippen LogP contribution in [0, 0.1) is 0 Å². The zero-order valence-electron chi connectivity index (χ0n) is 10.8. The first-order chi connectivity index (χ1) is 8.27. The molecule has 0 fully saturated rings. The van der Waals surface area contributed by atoms with Crippen molar-refractivity contribution in [1.82, 2.24) is 0 Å². The van der Waals surface area contributed by atoms with Gasteiger partial charge in [-0.15, -0.1) is 0 Å². The van der Waals surface area contributed by atoms with Gasteiger partial charge in [0.2, 0.25) is 0 Å². The summed E-state index contributed by atoms with van der Waals surface area (Å²) in [6.45, 7) is 2.18. The van der Waals surface area contributed by atoms with E-state index in [0.717, 1.165) is 12.8 Å². The minimum atomic E-state index is -0.666. The summed E-state index contributed by atoms with van der Waals surface area (Å²) in [5.41, 5.74) is 0. The molecule has 0 saturated carbocycles. The number of rotatable bonds is 7. The molecule has 1 rings (SSSR count). The van der Waals surface area contributed by atoms with Gasteiger partial charge in [-0.1, -0.05) is 75.4 Å². The van der Waals surface area contributed by atoms with E-state index < -0.39 is 5.97 Å². The van der Waals surface area contributed by atoms with Crippen molar-refractivity contribution >= 4 is 5.97 Å². The number of carboxylic acids is 1. The van der Waals surface area contributed by atoms with E-state index in [1.807, 2.05) is 36.4 Å². The molecule has 0 amide bonds. The minimum Gasteiger partial charge on any atom is -0.481 e. The van der Waals surface area contributed by atoms with Gasteiger partial charge in [0.15, 0.2) is 0 Å². The first-order valence-corrected chi connectivity index (χ1v) is 6.49. The normalized spacial score (nSPS) is 9.24. The molecular weight excluding hydrogens is 212 g/mol. The monoisotopic (exact) mass is 236 g/mol. The quantitative estimate of drug-likeness (QED) is 0.707. The first kappa shape index (κ1) is 15.7. The molecule has 1 N–H and O–H groups in total. The maximum Gasteiger partial charge on any atom is 0.303 e. The smallest absolute Gasteiger partial charge is 0.303 e. The topological polar surface area (TPSA) is 37.3 Å². The maximum absolute atomic E-state index is 10.1. The molecule has 0 unspecified atom stereocenters. The number of hydrogen-bond acceptors (Lipinski definition) is 1. The number of aliphatic carboxylic acids is 1. The van der Waals surface area contributed by atoms with E-state index in [1.54, 1.807) is 0 Å².